The van der Waals surface area contributed by atoms with Crippen molar-refractivity contribution in [2.45, 2.75) is 6.10 Å². The largest absolute Gasteiger partial charge is 0.494 e. The summed E-state index contributed by atoms with van der Waals surface area (Å²) in [6.07, 6.45) is 1.19. The quantitative estimate of drug-likeness (QED) is 0.757. The van der Waals surface area contributed by atoms with Gasteiger partial charge in [-0.05, 0) is 18.2 Å². The van der Waals surface area contributed by atoms with Gasteiger partial charge in [0.2, 0.25) is 5.91 Å². The topological polar surface area (TPSA) is 96.6 Å². The molecule has 2 N–H and O–H groups in total. The van der Waals surface area contributed by atoms with Crippen molar-refractivity contribution in [1.29, 1.82) is 0 Å². The van der Waals surface area contributed by atoms with Gasteiger partial charge in [-0.3, -0.25) is 9.78 Å². The van der Waals surface area contributed by atoms with Crippen LogP contribution < -0.4 is 10.5 Å². The predicted octanol–water partition coefficient (Wildman–Crippen LogP) is 2.55. The number of benzene rings is 1. The lowest BCUT2D eigenvalue weighted by Crippen LogP contribution is -2.24. The van der Waals surface area contributed by atoms with Gasteiger partial charge in [-0.1, -0.05) is 6.07 Å². The fraction of sp³-hybridized carbons (Fsp3) is 0.278. The van der Waals surface area contributed by atoms with Crippen molar-refractivity contribution in [3.8, 4) is 16.3 Å². The second kappa shape index (κ2) is 6.99. The maximum absolute atomic E-state index is 12.0. The number of pyridine rings is 1. The number of aromatic nitrogens is 2. The van der Waals surface area contributed by atoms with Gasteiger partial charge < -0.3 is 19.9 Å². The van der Waals surface area contributed by atoms with E-state index >= 15 is 0 Å². The molecule has 1 aliphatic rings. The highest BCUT2D eigenvalue weighted by atomic mass is 32.1. The van der Waals surface area contributed by atoms with Crippen LogP contribution in [0.2, 0.25) is 0 Å². The van der Waals surface area contributed by atoms with Crippen LogP contribution in [0.15, 0.2) is 30.5 Å². The van der Waals surface area contributed by atoms with Crippen molar-refractivity contribution in [2.24, 2.45) is 5.73 Å². The monoisotopic (exact) mass is 371 g/mol. The lowest BCUT2D eigenvalue weighted by atomic mass is 10.0. The number of carbonyl (C=O) groups is 1. The highest BCUT2D eigenvalue weighted by molar-refractivity contribution is 7.21. The van der Waals surface area contributed by atoms with Gasteiger partial charge in [0.15, 0.2) is 0 Å². The van der Waals surface area contributed by atoms with Crippen molar-refractivity contribution in [3.05, 3.63) is 41.7 Å². The van der Waals surface area contributed by atoms with Crippen molar-refractivity contribution in [1.82, 2.24) is 9.97 Å². The van der Waals surface area contributed by atoms with Crippen LogP contribution in [-0.4, -0.2) is 42.8 Å². The van der Waals surface area contributed by atoms with E-state index in [0.29, 0.717) is 47.4 Å². The van der Waals surface area contributed by atoms with E-state index in [0.717, 1.165) is 10.2 Å². The maximum atomic E-state index is 12.0. The third kappa shape index (κ3) is 2.92. The SMILES string of the molecule is COc1cccc2sc(-c3c(C(N)=O)ccnc3C3COCCO3)nc12. The van der Waals surface area contributed by atoms with Gasteiger partial charge in [-0.2, -0.15) is 0 Å². The van der Waals surface area contributed by atoms with E-state index in [9.17, 15) is 4.79 Å². The van der Waals surface area contributed by atoms with Crippen LogP contribution in [0.3, 0.4) is 0 Å². The summed E-state index contributed by atoms with van der Waals surface area (Å²) in [6, 6.07) is 7.32. The van der Waals surface area contributed by atoms with Gasteiger partial charge in [0.1, 0.15) is 22.4 Å². The van der Waals surface area contributed by atoms with Crippen molar-refractivity contribution in [2.75, 3.05) is 26.9 Å². The van der Waals surface area contributed by atoms with Crippen molar-refractivity contribution < 1.29 is 19.0 Å². The second-order valence-electron chi connectivity index (χ2n) is 5.74. The molecular weight excluding hydrogens is 354 g/mol. The van der Waals surface area contributed by atoms with Gasteiger partial charge in [0.25, 0.3) is 0 Å². The second-order valence-corrected chi connectivity index (χ2v) is 6.77. The summed E-state index contributed by atoms with van der Waals surface area (Å²) in [5.41, 5.74) is 7.92. The summed E-state index contributed by atoms with van der Waals surface area (Å²) < 4.78 is 17.6. The summed E-state index contributed by atoms with van der Waals surface area (Å²) in [5, 5.41) is 0.649. The van der Waals surface area contributed by atoms with E-state index in [4.69, 9.17) is 24.9 Å². The number of thiazole rings is 1. The molecule has 0 aliphatic carbocycles. The number of ether oxygens (including phenoxy) is 3. The summed E-state index contributed by atoms with van der Waals surface area (Å²) in [6.45, 7) is 1.39. The molecule has 3 aromatic rings. The minimum atomic E-state index is -0.536. The third-order valence-electron chi connectivity index (χ3n) is 4.18. The van der Waals surface area contributed by atoms with Gasteiger partial charge in [-0.15, -0.1) is 11.3 Å². The first-order valence-corrected chi connectivity index (χ1v) is 8.92. The number of hydrogen-bond acceptors (Lipinski definition) is 7. The third-order valence-corrected chi connectivity index (χ3v) is 5.22. The van der Waals surface area contributed by atoms with Crippen LogP contribution >= 0.6 is 11.3 Å². The first-order chi connectivity index (χ1) is 12.7. The van der Waals surface area contributed by atoms with Gasteiger partial charge in [-0.25, -0.2) is 4.98 Å². The lowest BCUT2D eigenvalue weighted by molar-refractivity contribution is -0.0915. The van der Waals surface area contributed by atoms with Gasteiger partial charge in [0, 0.05) is 11.8 Å². The van der Waals surface area contributed by atoms with Crippen LogP contribution in [0.4, 0.5) is 0 Å². The maximum Gasteiger partial charge on any atom is 0.249 e. The standard InChI is InChI=1S/C18H17N3O4S/c1-23-11-3-2-4-13-15(11)21-18(26-13)14-10(17(19)22)5-6-20-16(14)12-9-24-7-8-25-12/h2-6,12H,7-9H2,1H3,(H2,19,22). The van der Waals surface area contributed by atoms with E-state index in [-0.39, 0.29) is 6.10 Å². The Balaban J connectivity index is 1.93. The number of para-hydroxylation sites is 1. The Morgan fingerprint density at radius 3 is 2.96 bits per heavy atom. The number of fused-ring (bicyclic) bond motifs is 1. The molecule has 8 heteroatoms. The van der Waals surface area contributed by atoms with Gasteiger partial charge >= 0.3 is 0 Å². The predicted molar refractivity (Wildman–Crippen MR) is 97.4 cm³/mol. The molecule has 7 nitrogen and oxygen atoms in total. The minimum absolute atomic E-state index is 0.363. The molecule has 0 spiro atoms. The van der Waals surface area contributed by atoms with Crippen LogP contribution in [0.5, 0.6) is 5.75 Å². The molecule has 3 heterocycles. The highest BCUT2D eigenvalue weighted by Gasteiger charge is 2.27. The average molecular weight is 371 g/mol. The number of nitrogens with zero attached hydrogens (tertiary/aromatic N) is 2. The molecule has 1 aliphatic heterocycles. The Bertz CT molecular complexity index is 966. The molecule has 1 amide bonds. The molecule has 1 fully saturated rings. The number of amides is 1. The van der Waals surface area contributed by atoms with E-state index in [1.165, 1.54) is 11.3 Å². The van der Waals surface area contributed by atoms with Crippen molar-refractivity contribution in [3.63, 3.8) is 0 Å². The molecule has 2 aromatic heterocycles. The molecule has 26 heavy (non-hydrogen) atoms. The molecule has 0 saturated carbocycles. The molecular formula is C18H17N3O4S. The molecule has 0 radical (unpaired) electrons. The number of carbonyl (C=O) groups excluding carboxylic acids is 1. The Morgan fingerprint density at radius 1 is 1.35 bits per heavy atom. The van der Waals surface area contributed by atoms with Crippen LogP contribution in [0.25, 0.3) is 20.8 Å². The molecule has 0 bridgehead atoms. The normalized spacial score (nSPS) is 17.3. The highest BCUT2D eigenvalue weighted by Crippen LogP contribution is 2.39. The van der Waals surface area contributed by atoms with Gasteiger partial charge in [0.05, 0.1) is 42.9 Å². The molecule has 1 unspecified atom stereocenters. The summed E-state index contributed by atoms with van der Waals surface area (Å²) in [5.74, 6) is 0.139. The number of hydrogen-bond donors (Lipinski definition) is 1. The average Bonchev–Trinajstić information content (AvgIpc) is 3.12. The lowest BCUT2D eigenvalue weighted by Gasteiger charge is -2.24. The van der Waals surface area contributed by atoms with Crippen LogP contribution in [0.1, 0.15) is 22.2 Å². The van der Waals surface area contributed by atoms with Crippen molar-refractivity contribution >= 4 is 27.5 Å². The summed E-state index contributed by atoms with van der Waals surface area (Å²) >= 11 is 1.45. The molecule has 134 valence electrons. The fourth-order valence-electron chi connectivity index (χ4n) is 2.99. The molecule has 1 aromatic carbocycles. The first kappa shape index (κ1) is 16.9. The summed E-state index contributed by atoms with van der Waals surface area (Å²) in [7, 11) is 1.60. The zero-order valence-corrected chi connectivity index (χ0v) is 14.9. The zero-order chi connectivity index (χ0) is 18.1. The van der Waals surface area contributed by atoms with E-state index < -0.39 is 5.91 Å². The van der Waals surface area contributed by atoms with E-state index in [1.807, 2.05) is 18.2 Å². The smallest absolute Gasteiger partial charge is 0.249 e. The van der Waals surface area contributed by atoms with Crippen LogP contribution in [-0.2, 0) is 9.47 Å². The number of methoxy groups -OCH3 is 1. The Kier molecular flexibility index (Phi) is 4.54. The minimum Gasteiger partial charge on any atom is -0.494 e. The molecule has 4 rings (SSSR count). The van der Waals surface area contributed by atoms with Crippen LogP contribution in [0, 0.1) is 0 Å². The molecule has 1 atom stereocenters. The van der Waals surface area contributed by atoms with E-state index in [2.05, 4.69) is 4.98 Å². The number of primary amides is 1. The Morgan fingerprint density at radius 2 is 2.23 bits per heavy atom. The number of rotatable bonds is 4. The number of nitrogens with two attached hydrogens (primary N) is 1. The summed E-state index contributed by atoms with van der Waals surface area (Å²) in [4.78, 5) is 21.2. The fourth-order valence-corrected chi connectivity index (χ4v) is 4.04. The Hall–Kier alpha value is -2.55. The van der Waals surface area contributed by atoms with E-state index in [1.54, 1.807) is 19.4 Å². The first-order valence-electron chi connectivity index (χ1n) is 8.11. The Labute approximate surface area is 153 Å². The zero-order valence-electron chi connectivity index (χ0n) is 14.1. The molecule has 1 saturated heterocycles.